The Labute approximate surface area is 135 Å². The van der Waals surface area contributed by atoms with Gasteiger partial charge in [-0.25, -0.2) is 0 Å². The number of hydrogen-bond acceptors (Lipinski definition) is 5. The molecule has 0 fully saturated rings. The van der Waals surface area contributed by atoms with Gasteiger partial charge in [0.1, 0.15) is 0 Å². The van der Waals surface area contributed by atoms with Crippen LogP contribution in [0.3, 0.4) is 0 Å². The molecule has 0 radical (unpaired) electrons. The van der Waals surface area contributed by atoms with Gasteiger partial charge in [-0.15, -0.1) is 5.11 Å². The number of aliphatic hydroxyl groups is 1. The number of hydrogen-bond donors (Lipinski definition) is 1. The molecule has 0 aliphatic rings. The Kier molecular flexibility index (Phi) is 5.80. The van der Waals surface area contributed by atoms with Gasteiger partial charge in [0.05, 0.1) is 13.2 Å². The van der Waals surface area contributed by atoms with Crippen LogP contribution in [0.5, 0.6) is 0 Å². The number of azo groups is 1. The van der Waals surface area contributed by atoms with Crippen molar-refractivity contribution in [1.82, 2.24) is 4.98 Å². The van der Waals surface area contributed by atoms with E-state index in [4.69, 9.17) is 5.11 Å². The molecule has 128 valence electrons. The molecule has 0 saturated carbocycles. The molecule has 1 aromatic carbocycles. The fraction of sp³-hybridized carbons (Fsp3) is 0.267. The summed E-state index contributed by atoms with van der Waals surface area (Å²) in [5, 5.41) is 15.7. The fourth-order valence-corrected chi connectivity index (χ4v) is 1.89. The Bertz CT molecular complexity index is 711. The Morgan fingerprint density at radius 1 is 1.04 bits per heavy atom. The highest BCUT2D eigenvalue weighted by atomic mass is 19.2. The molecule has 0 spiro atoms. The zero-order valence-electron chi connectivity index (χ0n) is 12.7. The van der Waals surface area contributed by atoms with Gasteiger partial charge in [0.2, 0.25) is 11.6 Å². The fourth-order valence-electron chi connectivity index (χ4n) is 1.89. The number of nitrogens with zero attached hydrogens (tertiary/aromatic N) is 4. The van der Waals surface area contributed by atoms with Crippen molar-refractivity contribution in [2.24, 2.45) is 10.2 Å². The second-order valence-electron chi connectivity index (χ2n) is 4.88. The normalized spacial score (nSPS) is 11.2. The molecule has 5 nitrogen and oxygen atoms in total. The Morgan fingerprint density at radius 3 is 2.17 bits per heavy atom. The molecular weight excluding hydrogens is 328 g/mol. The number of anilines is 1. The molecule has 2 aromatic rings. The van der Waals surface area contributed by atoms with E-state index >= 15 is 0 Å². The predicted molar refractivity (Wildman–Crippen MR) is 79.1 cm³/mol. The van der Waals surface area contributed by atoms with Crippen LogP contribution in [0.2, 0.25) is 0 Å². The van der Waals surface area contributed by atoms with Gasteiger partial charge in [-0.1, -0.05) is 12.1 Å². The lowest BCUT2D eigenvalue weighted by Crippen LogP contribution is -2.20. The number of aliphatic hydroxyl groups excluding tert-OH is 1. The maximum absolute atomic E-state index is 13.4. The van der Waals surface area contributed by atoms with E-state index in [1.165, 1.54) is 0 Å². The van der Waals surface area contributed by atoms with E-state index in [0.29, 0.717) is 12.1 Å². The first kappa shape index (κ1) is 17.8. The van der Waals surface area contributed by atoms with Gasteiger partial charge in [0.25, 0.3) is 11.9 Å². The Hall–Kier alpha value is -2.55. The van der Waals surface area contributed by atoms with Crippen molar-refractivity contribution >= 4 is 11.4 Å². The summed E-state index contributed by atoms with van der Waals surface area (Å²) in [5.41, 5.74) is 0.384. The Morgan fingerprint density at radius 2 is 1.62 bits per heavy atom. The van der Waals surface area contributed by atoms with Gasteiger partial charge in [-0.05, 0) is 17.7 Å². The first-order valence-corrected chi connectivity index (χ1v) is 6.92. The Balaban J connectivity index is 2.10. The van der Waals surface area contributed by atoms with Gasteiger partial charge in [-0.2, -0.15) is 27.7 Å². The smallest absolute Gasteiger partial charge is 0.254 e. The van der Waals surface area contributed by atoms with Crippen LogP contribution >= 0.6 is 0 Å². The minimum atomic E-state index is -1.78. The van der Waals surface area contributed by atoms with E-state index in [0.717, 1.165) is 5.69 Å². The van der Waals surface area contributed by atoms with Crippen molar-refractivity contribution in [1.29, 1.82) is 0 Å². The monoisotopic (exact) mass is 342 g/mol. The van der Waals surface area contributed by atoms with Crippen molar-refractivity contribution in [3.05, 3.63) is 53.4 Å². The summed E-state index contributed by atoms with van der Waals surface area (Å²) in [7, 11) is 1.81. The zero-order chi connectivity index (χ0) is 17.7. The highest BCUT2D eigenvalue weighted by molar-refractivity contribution is 5.46. The van der Waals surface area contributed by atoms with Crippen molar-refractivity contribution in [2.45, 2.75) is 6.54 Å². The first-order valence-electron chi connectivity index (χ1n) is 6.92. The second-order valence-corrected chi connectivity index (χ2v) is 4.88. The van der Waals surface area contributed by atoms with Crippen LogP contribution in [0.4, 0.5) is 28.9 Å². The molecule has 0 aliphatic carbocycles. The summed E-state index contributed by atoms with van der Waals surface area (Å²) in [6.45, 7) is 0.452. The summed E-state index contributed by atoms with van der Waals surface area (Å²) < 4.78 is 52.6. The standard InChI is InChI=1S/C15H14F4N4O/c1-23(6-7-24)10-4-2-9(3-5-10)8-20-22-13-11(16)14(18)21-15(19)12(13)17/h2-5,24H,6-8H2,1H3. The summed E-state index contributed by atoms with van der Waals surface area (Å²) in [6.07, 6.45) is 0. The van der Waals surface area contributed by atoms with Gasteiger partial charge < -0.3 is 10.0 Å². The van der Waals surface area contributed by atoms with E-state index in [2.05, 4.69) is 15.2 Å². The average molecular weight is 342 g/mol. The van der Waals surface area contributed by atoms with Crippen LogP contribution in [-0.2, 0) is 6.54 Å². The maximum Gasteiger partial charge on any atom is 0.254 e. The second kappa shape index (κ2) is 7.82. The first-order chi connectivity index (χ1) is 11.4. The lowest BCUT2D eigenvalue weighted by molar-refractivity contribution is 0.304. The third kappa shape index (κ3) is 4.05. The van der Waals surface area contributed by atoms with Crippen molar-refractivity contribution in [3.63, 3.8) is 0 Å². The summed E-state index contributed by atoms with van der Waals surface area (Å²) in [4.78, 5) is 4.27. The topological polar surface area (TPSA) is 61.1 Å². The maximum atomic E-state index is 13.4. The van der Waals surface area contributed by atoms with Crippen molar-refractivity contribution in [3.8, 4) is 0 Å². The van der Waals surface area contributed by atoms with Crippen LogP contribution in [0.15, 0.2) is 34.5 Å². The average Bonchev–Trinajstić information content (AvgIpc) is 2.57. The third-order valence-electron chi connectivity index (χ3n) is 3.21. The number of aromatic nitrogens is 1. The molecule has 24 heavy (non-hydrogen) atoms. The van der Waals surface area contributed by atoms with Crippen LogP contribution in [0, 0.1) is 23.5 Å². The molecule has 1 aromatic heterocycles. The number of pyridine rings is 1. The predicted octanol–water partition coefficient (Wildman–Crippen LogP) is 3.35. The van der Waals surface area contributed by atoms with Gasteiger partial charge in [0.15, 0.2) is 5.69 Å². The minimum absolute atomic E-state index is 0.0165. The zero-order valence-corrected chi connectivity index (χ0v) is 12.7. The third-order valence-corrected chi connectivity index (χ3v) is 3.21. The molecule has 0 amide bonds. The van der Waals surface area contributed by atoms with Gasteiger partial charge in [0, 0.05) is 19.3 Å². The van der Waals surface area contributed by atoms with Gasteiger partial charge >= 0.3 is 0 Å². The molecule has 0 atom stereocenters. The lowest BCUT2D eigenvalue weighted by Gasteiger charge is -2.17. The number of likely N-dealkylation sites (N-methyl/N-ethyl adjacent to an activating group) is 1. The van der Waals surface area contributed by atoms with Crippen molar-refractivity contribution in [2.75, 3.05) is 25.1 Å². The number of halogens is 4. The highest BCUT2D eigenvalue weighted by Gasteiger charge is 2.20. The number of rotatable bonds is 6. The molecule has 0 saturated heterocycles. The molecule has 9 heteroatoms. The van der Waals surface area contributed by atoms with Crippen molar-refractivity contribution < 1.29 is 22.7 Å². The minimum Gasteiger partial charge on any atom is -0.395 e. The number of benzene rings is 1. The molecule has 0 unspecified atom stereocenters. The quantitative estimate of drug-likeness (QED) is 0.497. The molecule has 1 N–H and O–H groups in total. The summed E-state index contributed by atoms with van der Waals surface area (Å²) in [6, 6.07) is 6.96. The molecule has 1 heterocycles. The highest BCUT2D eigenvalue weighted by Crippen LogP contribution is 2.25. The van der Waals surface area contributed by atoms with Crippen LogP contribution in [0.1, 0.15) is 5.56 Å². The van der Waals surface area contributed by atoms with E-state index < -0.39 is 29.2 Å². The van der Waals surface area contributed by atoms with E-state index in [-0.39, 0.29) is 13.2 Å². The van der Waals surface area contributed by atoms with Crippen LogP contribution < -0.4 is 4.90 Å². The SMILES string of the molecule is CN(CCO)c1ccc(CN=Nc2c(F)c(F)nc(F)c2F)cc1. The lowest BCUT2D eigenvalue weighted by atomic mass is 10.2. The summed E-state index contributed by atoms with van der Waals surface area (Å²) >= 11 is 0. The van der Waals surface area contributed by atoms with Crippen LogP contribution in [-0.4, -0.2) is 30.3 Å². The van der Waals surface area contributed by atoms with Gasteiger partial charge in [-0.3, -0.25) is 0 Å². The van der Waals surface area contributed by atoms with E-state index in [9.17, 15) is 17.6 Å². The molecule has 2 rings (SSSR count). The van der Waals surface area contributed by atoms with Crippen LogP contribution in [0.25, 0.3) is 0 Å². The largest absolute Gasteiger partial charge is 0.395 e. The molecular formula is C15H14F4N4O. The van der Waals surface area contributed by atoms with E-state index in [1.54, 1.807) is 24.3 Å². The van der Waals surface area contributed by atoms with E-state index in [1.807, 2.05) is 11.9 Å². The molecule has 0 bridgehead atoms. The molecule has 0 aliphatic heterocycles. The summed E-state index contributed by atoms with van der Waals surface area (Å²) in [5.74, 6) is -6.95.